The fraction of sp³-hybridized carbons (Fsp3) is 0.444. The van der Waals surface area contributed by atoms with Crippen LogP contribution < -0.4 is 5.32 Å². The highest BCUT2D eigenvalue weighted by Crippen LogP contribution is 2.20. The number of aliphatic hydroxyl groups excluding tert-OH is 1. The predicted molar refractivity (Wildman–Crippen MR) is 52.6 cm³/mol. The fourth-order valence-electron chi connectivity index (χ4n) is 1.03. The smallest absolute Gasteiger partial charge is 0.237 e. The lowest BCUT2D eigenvalue weighted by Crippen LogP contribution is -2.31. The van der Waals surface area contributed by atoms with E-state index in [0.717, 1.165) is 6.26 Å². The number of rotatable bonds is 4. The van der Waals surface area contributed by atoms with E-state index < -0.39 is 17.7 Å². The molecule has 2 unspecified atom stereocenters. The molecule has 0 aromatic heterocycles. The molecule has 0 fully saturated rings. The molecular formula is C9H13N3O2. The molecule has 5 nitrogen and oxygen atoms in total. The lowest BCUT2D eigenvalue weighted by molar-refractivity contribution is -0.123. The summed E-state index contributed by atoms with van der Waals surface area (Å²) in [5, 5.41) is 19.9. The molecule has 0 rings (SSSR count). The summed E-state index contributed by atoms with van der Waals surface area (Å²) < 4.78 is 0. The van der Waals surface area contributed by atoms with Crippen LogP contribution in [-0.2, 0) is 4.79 Å². The van der Waals surface area contributed by atoms with Crippen molar-refractivity contribution < 1.29 is 9.90 Å². The van der Waals surface area contributed by atoms with E-state index in [2.05, 4.69) is 17.0 Å². The van der Waals surface area contributed by atoms with Crippen LogP contribution in [0.15, 0.2) is 17.0 Å². The topological polar surface area (TPSA) is 85.5 Å². The minimum Gasteiger partial charge on any atom is -0.514 e. The van der Waals surface area contributed by atoms with E-state index in [1.54, 1.807) is 6.92 Å². The molecule has 0 saturated heterocycles. The van der Waals surface area contributed by atoms with E-state index in [0.29, 0.717) is 0 Å². The summed E-state index contributed by atoms with van der Waals surface area (Å²) in [5.74, 6) is -1.76. The average molecular weight is 195 g/mol. The highest BCUT2D eigenvalue weighted by atomic mass is 16.2. The second-order valence-electron chi connectivity index (χ2n) is 2.72. The zero-order valence-corrected chi connectivity index (χ0v) is 8.19. The third kappa shape index (κ3) is 2.59. The summed E-state index contributed by atoms with van der Waals surface area (Å²) >= 11 is 0. The summed E-state index contributed by atoms with van der Waals surface area (Å²) in [5.41, 5.74) is 0.222. The van der Waals surface area contributed by atoms with E-state index in [4.69, 9.17) is 10.4 Å². The molecule has 0 aliphatic carbocycles. The number of aliphatic imine (C=N–C) groups is 1. The molecule has 0 heterocycles. The van der Waals surface area contributed by atoms with Gasteiger partial charge in [-0.25, -0.2) is 0 Å². The number of aliphatic hydroxyl groups is 1. The van der Waals surface area contributed by atoms with Crippen LogP contribution in [0.4, 0.5) is 0 Å². The third-order valence-corrected chi connectivity index (χ3v) is 1.95. The van der Waals surface area contributed by atoms with Crippen LogP contribution in [0.2, 0.25) is 0 Å². The molecule has 0 aliphatic heterocycles. The van der Waals surface area contributed by atoms with E-state index >= 15 is 0 Å². The molecule has 0 spiro atoms. The van der Waals surface area contributed by atoms with Crippen molar-refractivity contribution in [2.75, 3.05) is 7.05 Å². The number of nitrogens with zero attached hydrogens (tertiary/aromatic N) is 2. The minimum absolute atomic E-state index is 0.222. The van der Waals surface area contributed by atoms with Gasteiger partial charge in [0.2, 0.25) is 5.91 Å². The minimum atomic E-state index is -0.871. The maximum Gasteiger partial charge on any atom is 0.237 e. The average Bonchev–Trinajstić information content (AvgIpc) is 2.20. The molecule has 0 aromatic rings. The van der Waals surface area contributed by atoms with Gasteiger partial charge in [-0.3, -0.25) is 9.79 Å². The molecule has 0 bridgehead atoms. The van der Waals surface area contributed by atoms with Gasteiger partial charge in [0.15, 0.2) is 0 Å². The van der Waals surface area contributed by atoms with Crippen LogP contribution >= 0.6 is 0 Å². The number of carbonyl (C=O) groups is 1. The second kappa shape index (κ2) is 5.75. The quantitative estimate of drug-likeness (QED) is 0.509. The van der Waals surface area contributed by atoms with Gasteiger partial charge in [0.1, 0.15) is 12.2 Å². The van der Waals surface area contributed by atoms with E-state index in [9.17, 15) is 4.79 Å². The Morgan fingerprint density at radius 3 is 2.64 bits per heavy atom. The third-order valence-electron chi connectivity index (χ3n) is 1.95. The first-order valence-electron chi connectivity index (χ1n) is 4.04. The van der Waals surface area contributed by atoms with Gasteiger partial charge in [0.25, 0.3) is 0 Å². The van der Waals surface area contributed by atoms with Gasteiger partial charge in [-0.2, -0.15) is 5.26 Å². The fourth-order valence-corrected chi connectivity index (χ4v) is 1.03. The van der Waals surface area contributed by atoms with Crippen LogP contribution in [-0.4, -0.2) is 24.8 Å². The maximum atomic E-state index is 11.2. The SMILES string of the molecule is C=N/C(=C\O)C(C)C(C#N)C(=O)NC. The van der Waals surface area contributed by atoms with Crippen molar-refractivity contribution in [2.24, 2.45) is 16.8 Å². The van der Waals surface area contributed by atoms with Crippen molar-refractivity contribution in [3.63, 3.8) is 0 Å². The number of hydrogen-bond donors (Lipinski definition) is 2. The van der Waals surface area contributed by atoms with Crippen molar-refractivity contribution in [1.29, 1.82) is 5.26 Å². The van der Waals surface area contributed by atoms with Gasteiger partial charge >= 0.3 is 0 Å². The Labute approximate surface area is 82.8 Å². The first-order valence-corrected chi connectivity index (χ1v) is 4.04. The zero-order chi connectivity index (χ0) is 11.1. The van der Waals surface area contributed by atoms with Gasteiger partial charge in [-0.1, -0.05) is 6.92 Å². The summed E-state index contributed by atoms with van der Waals surface area (Å²) in [7, 11) is 1.45. The van der Waals surface area contributed by atoms with Crippen LogP contribution in [0.25, 0.3) is 0 Å². The number of nitriles is 1. The highest BCUT2D eigenvalue weighted by Gasteiger charge is 2.26. The van der Waals surface area contributed by atoms with Crippen molar-refractivity contribution >= 4 is 12.6 Å². The molecule has 0 aromatic carbocycles. The molecule has 2 atom stereocenters. The van der Waals surface area contributed by atoms with Gasteiger partial charge in [-0.05, 0) is 6.72 Å². The number of hydrogen-bond acceptors (Lipinski definition) is 4. The van der Waals surface area contributed by atoms with Crippen molar-refractivity contribution in [3.8, 4) is 6.07 Å². The lowest BCUT2D eigenvalue weighted by atomic mass is 9.92. The Kier molecular flexibility index (Phi) is 5.00. The number of carbonyl (C=O) groups excluding carboxylic acids is 1. The predicted octanol–water partition coefficient (Wildman–Crippen LogP) is 0.608. The molecule has 0 saturated carbocycles. The molecule has 2 N–H and O–H groups in total. The lowest BCUT2D eigenvalue weighted by Gasteiger charge is -2.15. The Morgan fingerprint density at radius 2 is 2.36 bits per heavy atom. The monoisotopic (exact) mass is 195 g/mol. The molecule has 1 amide bonds. The van der Waals surface area contributed by atoms with Crippen molar-refractivity contribution in [1.82, 2.24) is 5.32 Å². The normalized spacial score (nSPS) is 15.1. The summed E-state index contributed by atoms with van der Waals surface area (Å²) in [6.07, 6.45) is 0.755. The standard InChI is InChI=1S/C9H13N3O2/c1-6(8(5-13)11-2)7(4-10)9(14)12-3/h5-7,13H,2H2,1,3H3,(H,12,14)/b8-5-. The summed E-state index contributed by atoms with van der Waals surface area (Å²) in [6.45, 7) is 4.86. The second-order valence-corrected chi connectivity index (χ2v) is 2.72. The van der Waals surface area contributed by atoms with Gasteiger partial charge in [-0.15, -0.1) is 0 Å². The summed E-state index contributed by atoms with van der Waals surface area (Å²) in [4.78, 5) is 14.7. The number of nitrogens with one attached hydrogen (secondary N) is 1. The Hall–Kier alpha value is -1.83. The Bertz CT molecular complexity index is 291. The summed E-state index contributed by atoms with van der Waals surface area (Å²) in [6, 6.07) is 1.85. The van der Waals surface area contributed by atoms with E-state index in [1.165, 1.54) is 7.05 Å². The zero-order valence-electron chi connectivity index (χ0n) is 8.19. The van der Waals surface area contributed by atoms with Crippen LogP contribution in [0.3, 0.4) is 0 Å². The Morgan fingerprint density at radius 1 is 1.79 bits per heavy atom. The molecule has 76 valence electrons. The van der Waals surface area contributed by atoms with Gasteiger partial charge in [0, 0.05) is 13.0 Å². The first kappa shape index (κ1) is 12.2. The molecule has 14 heavy (non-hydrogen) atoms. The van der Waals surface area contributed by atoms with Crippen LogP contribution in [0, 0.1) is 23.2 Å². The van der Waals surface area contributed by atoms with Crippen LogP contribution in [0.1, 0.15) is 6.92 Å². The highest BCUT2D eigenvalue weighted by molar-refractivity contribution is 5.81. The van der Waals surface area contributed by atoms with E-state index in [-0.39, 0.29) is 5.70 Å². The largest absolute Gasteiger partial charge is 0.514 e. The number of allylic oxidation sites excluding steroid dienone is 1. The van der Waals surface area contributed by atoms with Crippen molar-refractivity contribution in [3.05, 3.63) is 12.0 Å². The molecule has 0 radical (unpaired) electrons. The maximum absolute atomic E-state index is 11.2. The van der Waals surface area contributed by atoms with Gasteiger partial charge in [0.05, 0.1) is 11.8 Å². The van der Waals surface area contributed by atoms with Crippen LogP contribution in [0.5, 0.6) is 0 Å². The van der Waals surface area contributed by atoms with Crippen molar-refractivity contribution in [2.45, 2.75) is 6.92 Å². The Balaban J connectivity index is 4.80. The molecule has 0 aliphatic rings. The first-order chi connectivity index (χ1) is 6.62. The van der Waals surface area contributed by atoms with Gasteiger partial charge < -0.3 is 10.4 Å². The molecule has 5 heteroatoms. The number of amides is 1. The van der Waals surface area contributed by atoms with E-state index in [1.807, 2.05) is 6.07 Å². The molecular weight excluding hydrogens is 182 g/mol.